The van der Waals surface area contributed by atoms with Crippen molar-refractivity contribution in [1.29, 1.82) is 0 Å². The van der Waals surface area contributed by atoms with Crippen molar-refractivity contribution >= 4 is 40.8 Å². The first-order valence-electron chi connectivity index (χ1n) is 9.74. The molecular weight excluding hydrogens is 410 g/mol. The van der Waals surface area contributed by atoms with E-state index in [2.05, 4.69) is 16.0 Å². The van der Waals surface area contributed by atoms with Gasteiger partial charge in [0, 0.05) is 26.7 Å². The van der Waals surface area contributed by atoms with Crippen LogP contribution in [0.1, 0.15) is 36.0 Å². The standard InChI is InChI=1S/C20H27N3O6S/c1-27-11-12-29-18(25)9-8-17(24)23-20(30)22-16-7-3-2-6-15(16)19(26)21-13-14-5-4-10-28-14/h2-3,6-7,14H,4-5,8-13H2,1H3,(H,21,26)(H2,22,23,24,30)/t14-/m1/s1. The number of para-hydroxylation sites is 1. The molecule has 1 fully saturated rings. The number of thiocarbonyl (C=S) groups is 1. The van der Waals surface area contributed by atoms with Crippen molar-refractivity contribution < 1.29 is 28.6 Å². The Hall–Kier alpha value is -2.56. The topological polar surface area (TPSA) is 115 Å². The molecule has 0 bridgehead atoms. The summed E-state index contributed by atoms with van der Waals surface area (Å²) < 4.78 is 15.2. The number of amides is 2. The number of nitrogens with one attached hydrogen (secondary N) is 3. The predicted molar refractivity (Wildman–Crippen MR) is 114 cm³/mol. The molecule has 1 atom stereocenters. The molecule has 2 rings (SSSR count). The van der Waals surface area contributed by atoms with Gasteiger partial charge in [-0.25, -0.2) is 0 Å². The van der Waals surface area contributed by atoms with Crippen LogP contribution in [0.15, 0.2) is 24.3 Å². The Labute approximate surface area is 180 Å². The van der Waals surface area contributed by atoms with Crippen molar-refractivity contribution in [2.24, 2.45) is 0 Å². The fraction of sp³-hybridized carbons (Fsp3) is 0.500. The minimum absolute atomic E-state index is 0.0344. The summed E-state index contributed by atoms with van der Waals surface area (Å²) in [6.45, 7) is 1.60. The summed E-state index contributed by atoms with van der Waals surface area (Å²) >= 11 is 5.15. The van der Waals surface area contributed by atoms with E-state index in [1.165, 1.54) is 7.11 Å². The average molecular weight is 438 g/mol. The van der Waals surface area contributed by atoms with Crippen LogP contribution in [0.25, 0.3) is 0 Å². The number of methoxy groups -OCH3 is 1. The molecule has 0 aromatic heterocycles. The van der Waals surface area contributed by atoms with Gasteiger partial charge in [-0.3, -0.25) is 14.4 Å². The summed E-state index contributed by atoms with van der Waals surface area (Å²) in [6, 6.07) is 6.84. The fourth-order valence-electron chi connectivity index (χ4n) is 2.77. The smallest absolute Gasteiger partial charge is 0.306 e. The van der Waals surface area contributed by atoms with Gasteiger partial charge in [0.1, 0.15) is 6.61 Å². The molecule has 0 radical (unpaired) electrons. The van der Waals surface area contributed by atoms with Crippen molar-refractivity contribution in [3.8, 4) is 0 Å². The second kappa shape index (κ2) is 12.9. The van der Waals surface area contributed by atoms with E-state index in [1.807, 2.05) is 0 Å². The molecule has 1 aromatic rings. The maximum atomic E-state index is 12.5. The zero-order valence-electron chi connectivity index (χ0n) is 16.9. The van der Waals surface area contributed by atoms with E-state index in [0.717, 1.165) is 19.4 Å². The lowest BCUT2D eigenvalue weighted by atomic mass is 10.1. The highest BCUT2D eigenvalue weighted by Gasteiger charge is 2.18. The highest BCUT2D eigenvalue weighted by Crippen LogP contribution is 2.16. The zero-order valence-corrected chi connectivity index (χ0v) is 17.7. The number of esters is 1. The van der Waals surface area contributed by atoms with Crippen LogP contribution in [0.2, 0.25) is 0 Å². The third-order valence-corrected chi connectivity index (χ3v) is 4.50. The van der Waals surface area contributed by atoms with Crippen LogP contribution in [0.5, 0.6) is 0 Å². The molecule has 10 heteroatoms. The lowest BCUT2D eigenvalue weighted by molar-refractivity contribution is -0.146. The summed E-state index contributed by atoms with van der Waals surface area (Å²) in [4.78, 5) is 36.0. The molecule has 3 N–H and O–H groups in total. The number of carbonyl (C=O) groups is 3. The summed E-state index contributed by atoms with van der Waals surface area (Å²) in [6.07, 6.45) is 1.82. The number of benzene rings is 1. The number of carbonyl (C=O) groups excluding carboxylic acids is 3. The van der Waals surface area contributed by atoms with Crippen LogP contribution >= 0.6 is 12.2 Å². The van der Waals surface area contributed by atoms with Gasteiger partial charge in [-0.15, -0.1) is 0 Å². The number of hydrogen-bond acceptors (Lipinski definition) is 7. The number of rotatable bonds is 10. The van der Waals surface area contributed by atoms with Gasteiger partial charge < -0.3 is 30.2 Å². The first kappa shape index (κ1) is 23.7. The number of hydrogen-bond donors (Lipinski definition) is 3. The minimum Gasteiger partial charge on any atom is -0.463 e. The molecule has 0 spiro atoms. The second-order valence-corrected chi connectivity index (χ2v) is 7.01. The van der Waals surface area contributed by atoms with Crippen LogP contribution < -0.4 is 16.0 Å². The molecule has 0 saturated carbocycles. The zero-order chi connectivity index (χ0) is 21.8. The van der Waals surface area contributed by atoms with E-state index in [0.29, 0.717) is 24.4 Å². The van der Waals surface area contributed by atoms with Crippen LogP contribution in [0.4, 0.5) is 5.69 Å². The van der Waals surface area contributed by atoms with Gasteiger partial charge in [-0.1, -0.05) is 12.1 Å². The van der Waals surface area contributed by atoms with Crippen molar-refractivity contribution in [2.45, 2.75) is 31.8 Å². The van der Waals surface area contributed by atoms with Crippen LogP contribution in [0, 0.1) is 0 Å². The molecule has 1 aliphatic heterocycles. The van der Waals surface area contributed by atoms with Gasteiger partial charge in [0.05, 0.1) is 30.4 Å². The van der Waals surface area contributed by atoms with E-state index < -0.39 is 11.9 Å². The van der Waals surface area contributed by atoms with Crippen molar-refractivity contribution in [1.82, 2.24) is 10.6 Å². The lowest BCUT2D eigenvalue weighted by Crippen LogP contribution is -2.36. The molecule has 2 amide bonds. The molecule has 30 heavy (non-hydrogen) atoms. The largest absolute Gasteiger partial charge is 0.463 e. The Morgan fingerprint density at radius 2 is 2.00 bits per heavy atom. The van der Waals surface area contributed by atoms with Crippen LogP contribution in [-0.4, -0.2) is 62.5 Å². The molecule has 1 heterocycles. The highest BCUT2D eigenvalue weighted by molar-refractivity contribution is 7.80. The lowest BCUT2D eigenvalue weighted by Gasteiger charge is -2.15. The highest BCUT2D eigenvalue weighted by atomic mass is 32.1. The molecule has 1 saturated heterocycles. The normalized spacial score (nSPS) is 15.3. The molecule has 164 valence electrons. The Bertz CT molecular complexity index is 752. The predicted octanol–water partition coefficient (Wildman–Crippen LogP) is 1.38. The molecule has 1 aromatic carbocycles. The maximum Gasteiger partial charge on any atom is 0.306 e. The van der Waals surface area contributed by atoms with Crippen molar-refractivity contribution in [2.75, 3.05) is 38.8 Å². The average Bonchev–Trinajstić information content (AvgIpc) is 3.25. The molecule has 9 nitrogen and oxygen atoms in total. The van der Waals surface area contributed by atoms with Gasteiger partial charge in [-0.2, -0.15) is 0 Å². The van der Waals surface area contributed by atoms with Gasteiger partial charge in [-0.05, 0) is 37.2 Å². The van der Waals surface area contributed by atoms with Gasteiger partial charge in [0.25, 0.3) is 5.91 Å². The Balaban J connectivity index is 1.79. The first-order valence-corrected chi connectivity index (χ1v) is 10.1. The summed E-state index contributed by atoms with van der Waals surface area (Å²) in [5, 5.41) is 8.23. The Morgan fingerprint density at radius 1 is 1.20 bits per heavy atom. The summed E-state index contributed by atoms with van der Waals surface area (Å²) in [5.41, 5.74) is 0.862. The van der Waals surface area contributed by atoms with Gasteiger partial charge >= 0.3 is 5.97 Å². The summed E-state index contributed by atoms with van der Waals surface area (Å²) in [5.74, 6) is -1.19. The van der Waals surface area contributed by atoms with E-state index in [-0.39, 0.29) is 36.6 Å². The van der Waals surface area contributed by atoms with E-state index in [9.17, 15) is 14.4 Å². The van der Waals surface area contributed by atoms with Gasteiger partial charge in [0.2, 0.25) is 5.91 Å². The number of ether oxygens (including phenoxy) is 3. The third-order valence-electron chi connectivity index (χ3n) is 4.29. The quantitative estimate of drug-likeness (QED) is 0.286. The first-order chi connectivity index (χ1) is 14.5. The maximum absolute atomic E-state index is 12.5. The fourth-order valence-corrected chi connectivity index (χ4v) is 2.99. The molecule has 0 unspecified atom stereocenters. The third kappa shape index (κ3) is 8.44. The van der Waals surface area contributed by atoms with Crippen LogP contribution in [-0.2, 0) is 23.8 Å². The van der Waals surface area contributed by atoms with Gasteiger partial charge in [0.15, 0.2) is 5.11 Å². The van der Waals surface area contributed by atoms with E-state index in [1.54, 1.807) is 24.3 Å². The Kier molecular flexibility index (Phi) is 10.2. The SMILES string of the molecule is COCCOC(=O)CCC(=O)NC(=S)Nc1ccccc1C(=O)NC[C@H]1CCCO1. The second-order valence-electron chi connectivity index (χ2n) is 6.61. The monoisotopic (exact) mass is 437 g/mol. The van der Waals surface area contributed by atoms with E-state index in [4.69, 9.17) is 26.4 Å². The number of anilines is 1. The molecular formula is C20H27N3O6S. The van der Waals surface area contributed by atoms with Crippen molar-refractivity contribution in [3.63, 3.8) is 0 Å². The minimum atomic E-state index is -0.491. The van der Waals surface area contributed by atoms with E-state index >= 15 is 0 Å². The van der Waals surface area contributed by atoms with Crippen LogP contribution in [0.3, 0.4) is 0 Å². The van der Waals surface area contributed by atoms with Crippen molar-refractivity contribution in [3.05, 3.63) is 29.8 Å². The summed E-state index contributed by atoms with van der Waals surface area (Å²) in [7, 11) is 1.50. The molecule has 1 aliphatic rings. The molecule has 0 aliphatic carbocycles. The Morgan fingerprint density at radius 3 is 2.73 bits per heavy atom.